The van der Waals surface area contributed by atoms with E-state index in [1.165, 1.54) is 31.4 Å². The van der Waals surface area contributed by atoms with Crippen LogP contribution in [0, 0.1) is 11.7 Å². The third-order valence-corrected chi connectivity index (χ3v) is 4.09. The zero-order chi connectivity index (χ0) is 13.2. The monoisotopic (exact) mass is 261 g/mol. The Balaban J connectivity index is 1.85. The summed E-state index contributed by atoms with van der Waals surface area (Å²) in [6.07, 6.45) is 5.14. The molecular weight excluding hydrogens is 241 g/mol. The fourth-order valence-corrected chi connectivity index (χ4v) is 2.81. The van der Waals surface area contributed by atoms with Gasteiger partial charge in [-0.15, -0.1) is 0 Å². The fourth-order valence-electron chi connectivity index (χ4n) is 2.81. The largest absolute Gasteiger partial charge is 0.459 e. The predicted molar refractivity (Wildman–Crippen MR) is 74.5 cm³/mol. The van der Waals surface area contributed by atoms with Crippen LogP contribution in [-0.2, 0) is 0 Å². The van der Waals surface area contributed by atoms with Gasteiger partial charge in [-0.05, 0) is 43.1 Å². The number of hydrogen-bond donors (Lipinski definition) is 1. The summed E-state index contributed by atoms with van der Waals surface area (Å²) in [4.78, 5) is 0. The molecule has 1 unspecified atom stereocenters. The first kappa shape index (κ1) is 12.7. The molecule has 102 valence electrons. The minimum absolute atomic E-state index is 0.209. The molecule has 1 aliphatic rings. The standard InChI is InChI=1S/C16H20FNO/c1-2-18-14(8-11-4-3-5-11)16-10-12-9-13(17)6-7-15(12)19-16/h6-7,9-11,14,18H,2-5,8H2,1H3. The summed E-state index contributed by atoms with van der Waals surface area (Å²) in [6.45, 7) is 3.03. The second-order valence-corrected chi connectivity index (χ2v) is 5.47. The van der Waals surface area contributed by atoms with Crippen LogP contribution in [0.2, 0.25) is 0 Å². The highest BCUT2D eigenvalue weighted by Gasteiger charge is 2.24. The molecule has 3 rings (SSSR count). The van der Waals surface area contributed by atoms with E-state index in [-0.39, 0.29) is 11.9 Å². The van der Waals surface area contributed by atoms with Gasteiger partial charge in [0.2, 0.25) is 0 Å². The molecule has 2 aromatic rings. The number of furan rings is 1. The van der Waals surface area contributed by atoms with Crippen molar-refractivity contribution in [2.24, 2.45) is 5.92 Å². The van der Waals surface area contributed by atoms with E-state index >= 15 is 0 Å². The molecule has 1 aromatic carbocycles. The Bertz CT molecular complexity index is 559. The lowest BCUT2D eigenvalue weighted by Gasteiger charge is -2.29. The lowest BCUT2D eigenvalue weighted by molar-refractivity contribution is 0.249. The lowest BCUT2D eigenvalue weighted by atomic mass is 9.80. The molecule has 0 saturated heterocycles. The molecule has 0 bridgehead atoms. The molecule has 1 fully saturated rings. The van der Waals surface area contributed by atoms with E-state index in [0.29, 0.717) is 0 Å². The Morgan fingerprint density at radius 1 is 1.37 bits per heavy atom. The molecule has 0 spiro atoms. The Morgan fingerprint density at radius 2 is 2.21 bits per heavy atom. The zero-order valence-corrected chi connectivity index (χ0v) is 11.3. The number of hydrogen-bond acceptors (Lipinski definition) is 2. The maximum Gasteiger partial charge on any atom is 0.134 e. The smallest absolute Gasteiger partial charge is 0.134 e. The molecule has 0 amide bonds. The Hall–Kier alpha value is -1.35. The second kappa shape index (κ2) is 5.33. The summed E-state index contributed by atoms with van der Waals surface area (Å²) >= 11 is 0. The van der Waals surface area contributed by atoms with E-state index in [1.807, 2.05) is 6.07 Å². The van der Waals surface area contributed by atoms with E-state index in [1.54, 1.807) is 6.07 Å². The summed E-state index contributed by atoms with van der Waals surface area (Å²) in [5.74, 6) is 1.54. The van der Waals surface area contributed by atoms with E-state index in [9.17, 15) is 4.39 Å². The van der Waals surface area contributed by atoms with Crippen molar-refractivity contribution in [2.75, 3.05) is 6.54 Å². The van der Waals surface area contributed by atoms with Gasteiger partial charge in [-0.2, -0.15) is 0 Å². The summed E-state index contributed by atoms with van der Waals surface area (Å²) in [5, 5.41) is 4.34. The van der Waals surface area contributed by atoms with Gasteiger partial charge in [0.05, 0.1) is 6.04 Å². The molecule has 0 aliphatic heterocycles. The van der Waals surface area contributed by atoms with Gasteiger partial charge in [-0.1, -0.05) is 26.2 Å². The minimum Gasteiger partial charge on any atom is -0.459 e. The van der Waals surface area contributed by atoms with Crippen LogP contribution >= 0.6 is 0 Å². The van der Waals surface area contributed by atoms with Crippen LogP contribution in [0.4, 0.5) is 4.39 Å². The van der Waals surface area contributed by atoms with Crippen molar-refractivity contribution < 1.29 is 8.81 Å². The highest BCUT2D eigenvalue weighted by molar-refractivity contribution is 5.78. The highest BCUT2D eigenvalue weighted by Crippen LogP contribution is 2.36. The van der Waals surface area contributed by atoms with Gasteiger partial charge in [0.1, 0.15) is 17.2 Å². The van der Waals surface area contributed by atoms with Gasteiger partial charge in [-0.3, -0.25) is 0 Å². The third-order valence-electron chi connectivity index (χ3n) is 4.09. The quantitative estimate of drug-likeness (QED) is 0.862. The highest BCUT2D eigenvalue weighted by atomic mass is 19.1. The molecule has 1 aromatic heterocycles. The summed E-state index contributed by atoms with van der Waals surface area (Å²) in [7, 11) is 0. The second-order valence-electron chi connectivity index (χ2n) is 5.47. The van der Waals surface area contributed by atoms with Crippen molar-refractivity contribution in [3.05, 3.63) is 35.8 Å². The molecular formula is C16H20FNO. The van der Waals surface area contributed by atoms with Crippen LogP contribution < -0.4 is 5.32 Å². The first-order chi connectivity index (χ1) is 9.26. The third kappa shape index (κ3) is 2.66. The first-order valence-electron chi connectivity index (χ1n) is 7.18. The molecule has 1 atom stereocenters. The van der Waals surface area contributed by atoms with Crippen LogP contribution in [0.1, 0.15) is 44.4 Å². The molecule has 1 N–H and O–H groups in total. The van der Waals surface area contributed by atoms with Gasteiger partial charge in [0, 0.05) is 5.39 Å². The van der Waals surface area contributed by atoms with E-state index in [2.05, 4.69) is 12.2 Å². The van der Waals surface area contributed by atoms with Crippen LogP contribution in [-0.4, -0.2) is 6.54 Å². The number of halogens is 1. The van der Waals surface area contributed by atoms with E-state index in [4.69, 9.17) is 4.42 Å². The van der Waals surface area contributed by atoms with Gasteiger partial charge in [0.25, 0.3) is 0 Å². The molecule has 2 nitrogen and oxygen atoms in total. The number of fused-ring (bicyclic) bond motifs is 1. The van der Waals surface area contributed by atoms with Crippen LogP contribution in [0.3, 0.4) is 0 Å². The Morgan fingerprint density at radius 3 is 2.89 bits per heavy atom. The molecule has 1 saturated carbocycles. The van der Waals surface area contributed by atoms with E-state index in [0.717, 1.165) is 35.6 Å². The lowest BCUT2D eigenvalue weighted by Crippen LogP contribution is -2.25. The SMILES string of the molecule is CCNC(CC1CCC1)c1cc2cc(F)ccc2o1. The molecule has 1 aliphatic carbocycles. The van der Waals surface area contributed by atoms with Crippen molar-refractivity contribution in [2.45, 2.75) is 38.6 Å². The van der Waals surface area contributed by atoms with E-state index < -0.39 is 0 Å². The van der Waals surface area contributed by atoms with Crippen LogP contribution in [0.25, 0.3) is 11.0 Å². The van der Waals surface area contributed by atoms with Crippen LogP contribution in [0.5, 0.6) is 0 Å². The minimum atomic E-state index is -0.209. The molecule has 1 heterocycles. The van der Waals surface area contributed by atoms with Crippen molar-refractivity contribution >= 4 is 11.0 Å². The fraction of sp³-hybridized carbons (Fsp3) is 0.500. The molecule has 3 heteroatoms. The van der Waals surface area contributed by atoms with Gasteiger partial charge < -0.3 is 9.73 Å². The van der Waals surface area contributed by atoms with Gasteiger partial charge >= 0.3 is 0 Å². The van der Waals surface area contributed by atoms with Gasteiger partial charge in [-0.25, -0.2) is 4.39 Å². The van der Waals surface area contributed by atoms with Crippen molar-refractivity contribution in [1.82, 2.24) is 5.32 Å². The Kier molecular flexibility index (Phi) is 3.56. The van der Waals surface area contributed by atoms with Crippen molar-refractivity contribution in [3.8, 4) is 0 Å². The summed E-state index contributed by atoms with van der Waals surface area (Å²) in [6, 6.07) is 6.93. The van der Waals surface area contributed by atoms with Crippen LogP contribution in [0.15, 0.2) is 28.7 Å². The maximum atomic E-state index is 13.2. The molecule has 0 radical (unpaired) electrons. The van der Waals surface area contributed by atoms with Crippen molar-refractivity contribution in [1.29, 1.82) is 0 Å². The summed E-state index contributed by atoms with van der Waals surface area (Å²) < 4.78 is 19.1. The first-order valence-corrected chi connectivity index (χ1v) is 7.18. The number of benzene rings is 1. The Labute approximate surface area is 113 Å². The summed E-state index contributed by atoms with van der Waals surface area (Å²) in [5.41, 5.74) is 0.771. The number of nitrogens with one attached hydrogen (secondary N) is 1. The average molecular weight is 261 g/mol. The van der Waals surface area contributed by atoms with Crippen molar-refractivity contribution in [3.63, 3.8) is 0 Å². The normalized spacial score (nSPS) is 17.6. The predicted octanol–water partition coefficient (Wildman–Crippen LogP) is 4.41. The molecule has 19 heavy (non-hydrogen) atoms. The maximum absolute atomic E-state index is 13.2. The van der Waals surface area contributed by atoms with Gasteiger partial charge in [0.15, 0.2) is 0 Å². The zero-order valence-electron chi connectivity index (χ0n) is 11.3. The average Bonchev–Trinajstić information content (AvgIpc) is 2.74. The topological polar surface area (TPSA) is 25.2 Å². The number of rotatable bonds is 5.